The highest BCUT2D eigenvalue weighted by molar-refractivity contribution is 6.39. The highest BCUT2D eigenvalue weighted by Crippen LogP contribution is 2.29. The Balaban J connectivity index is 2.16. The van der Waals surface area contributed by atoms with Crippen LogP contribution in [-0.4, -0.2) is 24.0 Å². The summed E-state index contributed by atoms with van der Waals surface area (Å²) in [6.07, 6.45) is 0. The van der Waals surface area contributed by atoms with Crippen molar-refractivity contribution in [1.29, 1.82) is 1.43 Å². The molecule has 0 saturated heterocycles. The van der Waals surface area contributed by atoms with Gasteiger partial charge in [-0.05, 0) is 23.8 Å². The quantitative estimate of drug-likeness (QED) is 0.653. The maximum atomic E-state index is 11.6. The lowest BCUT2D eigenvalue weighted by molar-refractivity contribution is -0.131. The average molecular weight is 288 g/mol. The SMILES string of the molecule is [3H]OC(=O)C(=O)c1ccc(OCc2ccccc2)c(OC)c1. The molecule has 2 aromatic rings. The summed E-state index contributed by atoms with van der Waals surface area (Å²) < 4.78 is 17.3. The molecule has 0 saturated carbocycles. The average Bonchev–Trinajstić information content (AvgIpc) is 2.59. The second kappa shape index (κ2) is 6.56. The van der Waals surface area contributed by atoms with Gasteiger partial charge in [0.05, 0.1) is 7.11 Å². The lowest BCUT2D eigenvalue weighted by atomic mass is 10.1. The number of methoxy groups -OCH3 is 1. The third kappa shape index (κ3) is 3.60. The van der Waals surface area contributed by atoms with Gasteiger partial charge in [0.15, 0.2) is 11.5 Å². The Morgan fingerprint density at radius 1 is 1.14 bits per heavy atom. The van der Waals surface area contributed by atoms with Gasteiger partial charge in [-0.3, -0.25) is 4.79 Å². The van der Waals surface area contributed by atoms with Crippen molar-refractivity contribution >= 4 is 11.8 Å². The van der Waals surface area contributed by atoms with E-state index in [-0.39, 0.29) is 5.56 Å². The largest absolute Gasteiger partial charge is 0.493 e. The highest BCUT2D eigenvalue weighted by Gasteiger charge is 2.17. The Kier molecular flexibility index (Phi) is 4.12. The van der Waals surface area contributed by atoms with Crippen LogP contribution in [0.25, 0.3) is 1.43 Å². The molecule has 1 N–H and O–H groups in total. The molecule has 0 fully saturated rings. The number of ketones is 1. The van der Waals surface area contributed by atoms with Gasteiger partial charge in [-0.2, -0.15) is 0 Å². The van der Waals surface area contributed by atoms with Crippen LogP contribution >= 0.6 is 0 Å². The number of ether oxygens (including phenoxy) is 2. The molecule has 0 atom stereocenters. The number of rotatable bonds is 6. The minimum absolute atomic E-state index is 0.0705. The zero-order valence-corrected chi connectivity index (χ0v) is 11.4. The summed E-state index contributed by atoms with van der Waals surface area (Å²) >= 11 is 0. The molecule has 0 unspecified atom stereocenters. The number of hydrogen-bond donors (Lipinski definition) is 1. The summed E-state index contributed by atoms with van der Waals surface area (Å²) in [6.45, 7) is 0.346. The molecule has 5 heteroatoms. The first-order valence-corrected chi connectivity index (χ1v) is 6.22. The fourth-order valence-electron chi connectivity index (χ4n) is 1.78. The van der Waals surface area contributed by atoms with Crippen molar-refractivity contribution in [3.05, 3.63) is 59.7 Å². The van der Waals surface area contributed by atoms with Gasteiger partial charge in [0.1, 0.15) is 6.61 Å². The zero-order chi connectivity index (χ0) is 15.9. The van der Waals surface area contributed by atoms with Crippen molar-refractivity contribution < 1.29 is 24.2 Å². The number of hydrogen-bond acceptors (Lipinski definition) is 5. The van der Waals surface area contributed by atoms with Gasteiger partial charge >= 0.3 is 5.97 Å². The Bertz CT molecular complexity index is 669. The molecule has 2 rings (SSSR count). The summed E-state index contributed by atoms with van der Waals surface area (Å²) in [4.78, 5) is 22.7. The molecule has 5 nitrogen and oxygen atoms in total. The Morgan fingerprint density at radius 2 is 1.90 bits per heavy atom. The van der Waals surface area contributed by atoms with Gasteiger partial charge in [0, 0.05) is 5.56 Å². The minimum Gasteiger partial charge on any atom is -0.493 e. The number of Topliss-reactive ketones (excluding diaryl/α,β-unsaturated/α-hetero) is 1. The molecule has 0 bridgehead atoms. The second-order valence-electron chi connectivity index (χ2n) is 4.26. The smallest absolute Gasteiger partial charge is 0.377 e. The molecule has 2 aromatic carbocycles. The Labute approximate surface area is 123 Å². The van der Waals surface area contributed by atoms with Crippen LogP contribution in [0.1, 0.15) is 15.9 Å². The standard InChI is InChI=1S/C16H14O5/c1-20-14-9-12(15(17)16(18)19)7-8-13(14)21-10-11-5-3-2-4-6-11/h2-9H,10H2,1H3,(H,18,19)/i/hT. The molecule has 0 heterocycles. The second-order valence-corrected chi connectivity index (χ2v) is 4.26. The van der Waals surface area contributed by atoms with E-state index in [2.05, 4.69) is 5.11 Å². The van der Waals surface area contributed by atoms with Crippen LogP contribution < -0.4 is 9.47 Å². The van der Waals surface area contributed by atoms with E-state index in [1.54, 1.807) is 0 Å². The zero-order valence-electron chi connectivity index (χ0n) is 12.4. The van der Waals surface area contributed by atoms with E-state index in [1.165, 1.54) is 25.3 Å². The van der Waals surface area contributed by atoms with Crippen LogP contribution in [0.3, 0.4) is 0 Å². The van der Waals surface area contributed by atoms with Crippen molar-refractivity contribution in [1.82, 2.24) is 0 Å². The molecule has 0 radical (unpaired) electrons. The van der Waals surface area contributed by atoms with E-state index in [4.69, 9.17) is 10.9 Å². The van der Waals surface area contributed by atoms with Gasteiger partial charge in [0.25, 0.3) is 7.21 Å². The summed E-state index contributed by atoms with van der Waals surface area (Å²) in [5.41, 5.74) is 1.06. The predicted octanol–water partition coefficient (Wildman–Crippen LogP) is 2.54. The van der Waals surface area contributed by atoms with E-state index < -0.39 is 11.8 Å². The molecule has 0 spiro atoms. The third-order valence-corrected chi connectivity index (χ3v) is 2.85. The lowest BCUT2D eigenvalue weighted by Crippen LogP contribution is -2.12. The van der Waals surface area contributed by atoms with Crippen LogP contribution in [0.2, 0.25) is 0 Å². The molecule has 0 aliphatic rings. The van der Waals surface area contributed by atoms with Gasteiger partial charge in [-0.1, -0.05) is 30.3 Å². The molecule has 0 aromatic heterocycles. The van der Waals surface area contributed by atoms with Crippen molar-refractivity contribution in [2.45, 2.75) is 6.61 Å². The molecule has 0 amide bonds. The first-order valence-electron chi connectivity index (χ1n) is 6.63. The van der Waals surface area contributed by atoms with Crippen LogP contribution in [0.15, 0.2) is 48.5 Å². The first kappa shape index (κ1) is 13.2. The lowest BCUT2D eigenvalue weighted by Gasteiger charge is -2.11. The predicted molar refractivity (Wildman–Crippen MR) is 75.7 cm³/mol. The van der Waals surface area contributed by atoms with Crippen LogP contribution in [0, 0.1) is 0 Å². The molecular formula is C16H14O5. The van der Waals surface area contributed by atoms with Crippen LogP contribution in [0.4, 0.5) is 0 Å². The van der Waals surface area contributed by atoms with E-state index in [9.17, 15) is 9.59 Å². The van der Waals surface area contributed by atoms with Crippen LogP contribution in [-0.2, 0) is 11.4 Å². The van der Waals surface area contributed by atoms with Crippen molar-refractivity contribution in [2.75, 3.05) is 7.11 Å². The summed E-state index contributed by atoms with van der Waals surface area (Å²) in [7, 11) is 1.43. The third-order valence-electron chi connectivity index (χ3n) is 2.85. The van der Waals surface area contributed by atoms with Crippen molar-refractivity contribution in [3.63, 3.8) is 0 Å². The highest BCUT2D eigenvalue weighted by atomic mass is 16.5. The molecular weight excluding hydrogens is 272 g/mol. The fourth-order valence-corrected chi connectivity index (χ4v) is 1.78. The van der Waals surface area contributed by atoms with Crippen molar-refractivity contribution in [2.24, 2.45) is 0 Å². The first-order chi connectivity index (χ1) is 10.7. The summed E-state index contributed by atoms with van der Waals surface area (Å²) in [5, 5.41) is 3.66. The Morgan fingerprint density at radius 3 is 2.57 bits per heavy atom. The van der Waals surface area contributed by atoms with Crippen LogP contribution in [0.5, 0.6) is 11.5 Å². The van der Waals surface area contributed by atoms with Gasteiger partial charge < -0.3 is 14.6 Å². The molecule has 21 heavy (non-hydrogen) atoms. The minimum atomic E-state index is -1.25. The number of carboxylic acid groups (broad SMARTS) is 1. The number of benzene rings is 2. The van der Waals surface area contributed by atoms with Gasteiger partial charge in [-0.15, -0.1) is 0 Å². The van der Waals surface area contributed by atoms with Crippen molar-refractivity contribution in [3.8, 4) is 11.5 Å². The summed E-state index contributed by atoms with van der Waals surface area (Å²) in [5.74, 6) is -1.40. The van der Waals surface area contributed by atoms with E-state index in [1.807, 2.05) is 30.3 Å². The number of carbonyl (C=O) groups excluding carboxylic acids is 1. The maximum absolute atomic E-state index is 11.6. The molecule has 0 aliphatic heterocycles. The molecule has 108 valence electrons. The summed E-state index contributed by atoms with van der Waals surface area (Å²) in [6, 6.07) is 13.9. The van der Waals surface area contributed by atoms with E-state index in [0.717, 1.165) is 5.56 Å². The maximum Gasteiger partial charge on any atom is 0.377 e. The van der Waals surface area contributed by atoms with E-state index >= 15 is 0 Å². The topological polar surface area (TPSA) is 72.8 Å². The number of carboxylic acids is 1. The normalized spacial score (nSPS) is 10.4. The Hall–Kier alpha value is -2.82. The monoisotopic (exact) mass is 288 g/mol. The van der Waals surface area contributed by atoms with Gasteiger partial charge in [-0.25, -0.2) is 4.79 Å². The molecule has 0 aliphatic carbocycles. The number of carbonyl (C=O) groups is 2. The fraction of sp³-hybridized carbons (Fsp3) is 0.125. The number of aliphatic carboxylic acids is 1. The van der Waals surface area contributed by atoms with E-state index in [0.29, 0.717) is 18.1 Å². The van der Waals surface area contributed by atoms with Gasteiger partial charge in [0.2, 0.25) is 0 Å².